The van der Waals surface area contributed by atoms with E-state index in [-0.39, 0.29) is 11.8 Å². The molecule has 0 radical (unpaired) electrons. The van der Waals surface area contributed by atoms with E-state index >= 15 is 0 Å². The average molecular weight is 278 g/mol. The molecule has 110 valence electrons. The first-order valence-electron chi connectivity index (χ1n) is 6.83. The topological polar surface area (TPSA) is 81.4 Å². The van der Waals surface area contributed by atoms with Gasteiger partial charge in [-0.15, -0.1) is 0 Å². The van der Waals surface area contributed by atoms with Crippen LogP contribution in [0.5, 0.6) is 0 Å². The fourth-order valence-electron chi connectivity index (χ4n) is 1.68. The van der Waals surface area contributed by atoms with Gasteiger partial charge in [0.1, 0.15) is 0 Å². The first-order valence-corrected chi connectivity index (χ1v) is 6.83. The molecule has 5 nitrogen and oxygen atoms in total. The second kappa shape index (κ2) is 7.65. The van der Waals surface area contributed by atoms with E-state index in [1.807, 2.05) is 13.8 Å². The Bertz CT molecular complexity index is 474. The maximum atomic E-state index is 12.0. The van der Waals surface area contributed by atoms with Crippen LogP contribution in [-0.2, 0) is 9.53 Å². The molecular formula is C15H22N2O3. The third kappa shape index (κ3) is 4.35. The second-order valence-corrected chi connectivity index (χ2v) is 4.70. The summed E-state index contributed by atoms with van der Waals surface area (Å²) < 4.78 is 4.91. The highest BCUT2D eigenvalue weighted by molar-refractivity contribution is 5.97. The molecule has 0 spiro atoms. The van der Waals surface area contributed by atoms with Gasteiger partial charge in [0.05, 0.1) is 18.2 Å². The van der Waals surface area contributed by atoms with E-state index < -0.39 is 12.0 Å². The number of ether oxygens (including phenoxy) is 1. The highest BCUT2D eigenvalue weighted by Crippen LogP contribution is 2.14. The number of carbonyl (C=O) groups excluding carboxylic acids is 2. The van der Waals surface area contributed by atoms with Crippen molar-refractivity contribution in [2.75, 3.05) is 11.9 Å². The summed E-state index contributed by atoms with van der Waals surface area (Å²) in [6, 6.07) is 6.06. The highest BCUT2D eigenvalue weighted by Gasteiger charge is 2.19. The number of carbonyl (C=O) groups is 2. The van der Waals surface area contributed by atoms with Crippen molar-refractivity contribution >= 4 is 17.6 Å². The van der Waals surface area contributed by atoms with Gasteiger partial charge in [-0.3, -0.25) is 4.79 Å². The lowest BCUT2D eigenvalue weighted by atomic mass is 9.99. The third-order valence-electron chi connectivity index (χ3n) is 3.20. The van der Waals surface area contributed by atoms with Gasteiger partial charge in [0.25, 0.3) is 0 Å². The molecule has 5 heteroatoms. The Morgan fingerprint density at radius 3 is 2.65 bits per heavy atom. The lowest BCUT2D eigenvalue weighted by Crippen LogP contribution is -2.40. The SMILES string of the molecule is CCOC(=O)c1cccc(NC(=O)[C@@H](N)[C@@H](C)CC)c1. The molecule has 0 aliphatic rings. The zero-order chi connectivity index (χ0) is 15.1. The predicted molar refractivity (Wildman–Crippen MR) is 78.5 cm³/mol. The van der Waals surface area contributed by atoms with E-state index in [1.54, 1.807) is 31.2 Å². The molecule has 2 atom stereocenters. The molecule has 0 unspecified atom stereocenters. The van der Waals surface area contributed by atoms with Crippen LogP contribution in [0.4, 0.5) is 5.69 Å². The molecule has 0 aliphatic heterocycles. The summed E-state index contributed by atoms with van der Waals surface area (Å²) in [5, 5.41) is 2.72. The van der Waals surface area contributed by atoms with Crippen LogP contribution in [0, 0.1) is 5.92 Å². The molecular weight excluding hydrogens is 256 g/mol. The van der Waals surface area contributed by atoms with Gasteiger partial charge in [0.2, 0.25) is 5.91 Å². The zero-order valence-electron chi connectivity index (χ0n) is 12.2. The lowest BCUT2D eigenvalue weighted by Gasteiger charge is -2.17. The van der Waals surface area contributed by atoms with Gasteiger partial charge in [0.15, 0.2) is 0 Å². The first kappa shape index (κ1) is 16.2. The molecule has 0 heterocycles. The summed E-state index contributed by atoms with van der Waals surface area (Å²) >= 11 is 0. The Labute approximate surface area is 119 Å². The van der Waals surface area contributed by atoms with Crippen LogP contribution in [0.1, 0.15) is 37.6 Å². The number of esters is 1. The number of benzene rings is 1. The number of amides is 1. The summed E-state index contributed by atoms with van der Waals surface area (Å²) in [6.07, 6.45) is 0.831. The maximum absolute atomic E-state index is 12.0. The van der Waals surface area contributed by atoms with Crippen molar-refractivity contribution in [3.63, 3.8) is 0 Å². The zero-order valence-corrected chi connectivity index (χ0v) is 12.2. The normalized spacial score (nSPS) is 13.4. The Balaban J connectivity index is 2.76. The predicted octanol–water partition coefficient (Wildman–Crippen LogP) is 2.18. The average Bonchev–Trinajstić information content (AvgIpc) is 2.46. The highest BCUT2D eigenvalue weighted by atomic mass is 16.5. The van der Waals surface area contributed by atoms with Crippen LogP contribution in [0.25, 0.3) is 0 Å². The van der Waals surface area contributed by atoms with E-state index in [0.29, 0.717) is 17.9 Å². The van der Waals surface area contributed by atoms with Gasteiger partial charge in [-0.05, 0) is 31.0 Å². The smallest absolute Gasteiger partial charge is 0.338 e. The van der Waals surface area contributed by atoms with Crippen molar-refractivity contribution in [1.29, 1.82) is 0 Å². The first-order chi connectivity index (χ1) is 9.49. The molecule has 0 bridgehead atoms. The van der Waals surface area contributed by atoms with Crippen molar-refractivity contribution in [2.24, 2.45) is 11.7 Å². The van der Waals surface area contributed by atoms with E-state index in [0.717, 1.165) is 6.42 Å². The van der Waals surface area contributed by atoms with E-state index in [9.17, 15) is 9.59 Å². The van der Waals surface area contributed by atoms with Crippen molar-refractivity contribution < 1.29 is 14.3 Å². The number of hydrogen-bond acceptors (Lipinski definition) is 4. The Hall–Kier alpha value is -1.88. The van der Waals surface area contributed by atoms with E-state index in [2.05, 4.69) is 5.32 Å². The van der Waals surface area contributed by atoms with Crippen molar-refractivity contribution in [2.45, 2.75) is 33.2 Å². The van der Waals surface area contributed by atoms with Crippen molar-refractivity contribution in [3.05, 3.63) is 29.8 Å². The summed E-state index contributed by atoms with van der Waals surface area (Å²) in [5.41, 5.74) is 6.81. The minimum atomic E-state index is -0.564. The fraction of sp³-hybridized carbons (Fsp3) is 0.467. The van der Waals surface area contributed by atoms with E-state index in [1.165, 1.54) is 0 Å². The van der Waals surface area contributed by atoms with Gasteiger partial charge in [-0.1, -0.05) is 26.3 Å². The number of rotatable bonds is 6. The fourth-order valence-corrected chi connectivity index (χ4v) is 1.68. The van der Waals surface area contributed by atoms with Crippen molar-refractivity contribution in [3.8, 4) is 0 Å². The Morgan fingerprint density at radius 2 is 2.05 bits per heavy atom. The molecule has 1 aromatic rings. The molecule has 0 saturated heterocycles. The monoisotopic (exact) mass is 278 g/mol. The van der Waals surface area contributed by atoms with Crippen molar-refractivity contribution in [1.82, 2.24) is 0 Å². The Morgan fingerprint density at radius 1 is 1.35 bits per heavy atom. The summed E-state index contributed by atoms with van der Waals surface area (Å²) in [7, 11) is 0. The molecule has 0 fully saturated rings. The summed E-state index contributed by atoms with van der Waals surface area (Å²) in [4.78, 5) is 23.6. The van der Waals surface area contributed by atoms with Crippen LogP contribution in [0.3, 0.4) is 0 Å². The molecule has 0 saturated carbocycles. The van der Waals surface area contributed by atoms with E-state index in [4.69, 9.17) is 10.5 Å². The molecule has 20 heavy (non-hydrogen) atoms. The minimum Gasteiger partial charge on any atom is -0.462 e. The molecule has 1 rings (SSSR count). The number of hydrogen-bond donors (Lipinski definition) is 2. The molecule has 3 N–H and O–H groups in total. The molecule has 0 aromatic heterocycles. The standard InChI is InChI=1S/C15H22N2O3/c1-4-10(3)13(16)14(18)17-12-8-6-7-11(9-12)15(19)20-5-2/h6-10,13H,4-5,16H2,1-3H3,(H,17,18)/t10-,13-/m0/s1. The van der Waals surface area contributed by atoms with Gasteiger partial charge in [0, 0.05) is 5.69 Å². The Kier molecular flexibility index (Phi) is 6.18. The third-order valence-corrected chi connectivity index (χ3v) is 3.20. The summed E-state index contributed by atoms with van der Waals surface area (Å²) in [5.74, 6) is -0.557. The van der Waals surface area contributed by atoms with Gasteiger partial charge >= 0.3 is 5.97 Å². The lowest BCUT2D eigenvalue weighted by molar-refractivity contribution is -0.118. The largest absolute Gasteiger partial charge is 0.462 e. The van der Waals surface area contributed by atoms with Gasteiger partial charge < -0.3 is 15.8 Å². The second-order valence-electron chi connectivity index (χ2n) is 4.70. The molecule has 1 amide bonds. The molecule has 0 aliphatic carbocycles. The van der Waals surface area contributed by atoms with Crippen LogP contribution in [0.15, 0.2) is 24.3 Å². The van der Waals surface area contributed by atoms with Crippen LogP contribution < -0.4 is 11.1 Å². The molecule has 1 aromatic carbocycles. The van der Waals surface area contributed by atoms with Gasteiger partial charge in [-0.2, -0.15) is 0 Å². The number of anilines is 1. The maximum Gasteiger partial charge on any atom is 0.338 e. The van der Waals surface area contributed by atoms with Crippen LogP contribution in [0.2, 0.25) is 0 Å². The quantitative estimate of drug-likeness (QED) is 0.781. The van der Waals surface area contributed by atoms with Gasteiger partial charge in [-0.25, -0.2) is 4.79 Å². The van der Waals surface area contributed by atoms with Crippen LogP contribution >= 0.6 is 0 Å². The van der Waals surface area contributed by atoms with Crippen LogP contribution in [-0.4, -0.2) is 24.5 Å². The number of nitrogens with one attached hydrogen (secondary N) is 1. The minimum absolute atomic E-state index is 0.100. The number of nitrogens with two attached hydrogens (primary N) is 1. The summed E-state index contributed by atoms with van der Waals surface area (Å²) in [6.45, 7) is 5.97.